The zero-order chi connectivity index (χ0) is 21.4. The zero-order valence-corrected chi connectivity index (χ0v) is 19.6. The van der Waals surface area contributed by atoms with Crippen LogP contribution in [0.25, 0.3) is 16.6 Å². The molecule has 0 radical (unpaired) electrons. The monoisotopic (exact) mass is 437 g/mol. The second kappa shape index (κ2) is 8.18. The fourth-order valence-electron chi connectivity index (χ4n) is 4.64. The number of halogens is 1. The van der Waals surface area contributed by atoms with Gasteiger partial charge in [-0.1, -0.05) is 49.1 Å². The van der Waals surface area contributed by atoms with Gasteiger partial charge in [0.2, 0.25) is 0 Å². The van der Waals surface area contributed by atoms with Crippen LogP contribution in [0.1, 0.15) is 37.8 Å². The van der Waals surface area contributed by atoms with Gasteiger partial charge in [0.05, 0.1) is 16.9 Å². The molecule has 1 atom stereocenters. The van der Waals surface area contributed by atoms with Crippen molar-refractivity contribution in [3.05, 3.63) is 59.2 Å². The van der Waals surface area contributed by atoms with E-state index >= 15 is 0 Å². The number of nitriles is 1. The Morgan fingerprint density at radius 3 is 2.37 bits per heavy atom. The third-order valence-electron chi connectivity index (χ3n) is 5.82. The second-order valence-corrected chi connectivity index (χ2v) is 14.0. The van der Waals surface area contributed by atoms with Crippen LogP contribution in [-0.2, 0) is 10.0 Å². The lowest BCUT2D eigenvalue weighted by Gasteiger charge is -2.41. The Morgan fingerprint density at radius 1 is 1.07 bits per heavy atom. The molecular formula is C24H28ClN3OSi. The maximum atomic E-state index is 10.7. The normalized spacial score (nSPS) is 17.6. The molecule has 1 aliphatic rings. The molecule has 1 unspecified atom stereocenters. The zero-order valence-electron chi connectivity index (χ0n) is 17.9. The van der Waals surface area contributed by atoms with E-state index in [-0.39, 0.29) is 5.92 Å². The Labute approximate surface area is 184 Å². The van der Waals surface area contributed by atoms with Crippen molar-refractivity contribution in [3.63, 3.8) is 0 Å². The molecule has 4 nitrogen and oxygen atoms in total. The van der Waals surface area contributed by atoms with Crippen molar-refractivity contribution >= 4 is 30.8 Å². The summed E-state index contributed by atoms with van der Waals surface area (Å²) in [6.45, 7) is 6.48. The number of aromatic nitrogens is 2. The van der Waals surface area contributed by atoms with Gasteiger partial charge in [0, 0.05) is 16.3 Å². The molecule has 0 bridgehead atoms. The minimum atomic E-state index is -2.06. The number of nitrogens with zero attached hydrogens (tertiary/aromatic N) is 3. The van der Waals surface area contributed by atoms with E-state index in [0.717, 1.165) is 48.0 Å². The van der Waals surface area contributed by atoms with E-state index in [2.05, 4.69) is 31.8 Å². The van der Waals surface area contributed by atoms with Crippen LogP contribution in [0, 0.1) is 17.2 Å². The third kappa shape index (κ3) is 3.92. The van der Waals surface area contributed by atoms with Crippen molar-refractivity contribution in [1.29, 1.82) is 5.26 Å². The lowest BCUT2D eigenvalue weighted by Crippen LogP contribution is -2.47. The number of rotatable bonds is 5. The fraction of sp³-hybridized carbons (Fsp3) is 0.417. The summed E-state index contributed by atoms with van der Waals surface area (Å²) in [6, 6.07) is 18.4. The summed E-state index contributed by atoms with van der Waals surface area (Å²) in [4.78, 5) is 0. The van der Waals surface area contributed by atoms with Gasteiger partial charge in [-0.25, -0.2) is 4.68 Å². The standard InChI is InChI=1S/C24H28ClN3OSi/c1-30(2,3)29-24(17-26,18-9-5-4-6-10-18)23-21-11-7-8-12-22(21)27-28(23)20-15-13-19(25)14-16-20/h7-8,11-16,18H,4-6,9-10H2,1-3H3. The van der Waals surface area contributed by atoms with Crippen molar-refractivity contribution in [2.75, 3.05) is 0 Å². The van der Waals surface area contributed by atoms with Crippen molar-refractivity contribution in [2.45, 2.75) is 57.3 Å². The second-order valence-electron chi connectivity index (χ2n) is 9.15. The SMILES string of the molecule is C[Si](C)(C)OC(C#N)(c1c2ccccc2nn1-c1ccc(Cl)cc1)C1CCCCC1. The Kier molecular flexibility index (Phi) is 5.76. The van der Waals surface area contributed by atoms with E-state index in [1.165, 1.54) is 6.42 Å². The van der Waals surface area contributed by atoms with Gasteiger partial charge in [-0.15, -0.1) is 0 Å². The van der Waals surface area contributed by atoms with Gasteiger partial charge >= 0.3 is 0 Å². The number of hydrogen-bond donors (Lipinski definition) is 0. The van der Waals surface area contributed by atoms with Crippen LogP contribution in [0.15, 0.2) is 48.5 Å². The summed E-state index contributed by atoms with van der Waals surface area (Å²) in [7, 11) is -2.06. The maximum Gasteiger partial charge on any atom is 0.190 e. The highest BCUT2D eigenvalue weighted by atomic mass is 35.5. The van der Waals surface area contributed by atoms with Crippen LogP contribution >= 0.6 is 11.6 Å². The van der Waals surface area contributed by atoms with Crippen LogP contribution in [0.5, 0.6) is 0 Å². The molecule has 30 heavy (non-hydrogen) atoms. The van der Waals surface area contributed by atoms with Crippen molar-refractivity contribution in [1.82, 2.24) is 9.78 Å². The van der Waals surface area contributed by atoms with E-state index in [4.69, 9.17) is 21.1 Å². The molecular weight excluding hydrogens is 410 g/mol. The van der Waals surface area contributed by atoms with Crippen LogP contribution in [0.4, 0.5) is 0 Å². The van der Waals surface area contributed by atoms with Gasteiger partial charge in [0.1, 0.15) is 6.07 Å². The molecule has 0 N–H and O–H groups in total. The Bertz CT molecular complexity index is 1070. The maximum absolute atomic E-state index is 10.7. The first kappa shape index (κ1) is 21.1. The molecule has 1 aromatic heterocycles. The third-order valence-corrected chi connectivity index (χ3v) is 7.00. The molecule has 0 spiro atoms. The summed E-state index contributed by atoms with van der Waals surface area (Å²) >= 11 is 6.14. The molecule has 1 aliphatic carbocycles. The van der Waals surface area contributed by atoms with Gasteiger partial charge in [-0.05, 0) is 62.8 Å². The predicted octanol–water partition coefficient (Wildman–Crippen LogP) is 6.83. The number of hydrogen-bond acceptors (Lipinski definition) is 3. The molecule has 0 saturated heterocycles. The van der Waals surface area contributed by atoms with Crippen LogP contribution in [0.2, 0.25) is 24.7 Å². The summed E-state index contributed by atoms with van der Waals surface area (Å²) in [6.07, 6.45) is 5.49. The van der Waals surface area contributed by atoms with Crippen molar-refractivity contribution in [2.24, 2.45) is 5.92 Å². The van der Waals surface area contributed by atoms with Gasteiger partial charge in [0.15, 0.2) is 13.9 Å². The summed E-state index contributed by atoms with van der Waals surface area (Å²) in [5, 5.41) is 17.3. The van der Waals surface area contributed by atoms with Crippen LogP contribution < -0.4 is 0 Å². The van der Waals surface area contributed by atoms with E-state index in [0.29, 0.717) is 5.02 Å². The Balaban J connectivity index is 2.02. The topological polar surface area (TPSA) is 50.8 Å². The molecule has 3 aromatic rings. The highest BCUT2D eigenvalue weighted by molar-refractivity contribution is 6.69. The highest BCUT2D eigenvalue weighted by Gasteiger charge is 2.49. The molecule has 6 heteroatoms. The van der Waals surface area contributed by atoms with E-state index in [9.17, 15) is 5.26 Å². The van der Waals surface area contributed by atoms with Gasteiger partial charge in [-0.3, -0.25) is 0 Å². The fourth-order valence-corrected chi connectivity index (χ4v) is 6.04. The minimum absolute atomic E-state index is 0.147. The van der Waals surface area contributed by atoms with Crippen molar-refractivity contribution in [3.8, 4) is 11.8 Å². The first-order chi connectivity index (χ1) is 14.3. The molecule has 0 aliphatic heterocycles. The van der Waals surface area contributed by atoms with E-state index < -0.39 is 13.9 Å². The smallest absolute Gasteiger partial charge is 0.190 e. The van der Waals surface area contributed by atoms with Crippen molar-refractivity contribution < 1.29 is 4.43 Å². The lowest BCUT2D eigenvalue weighted by molar-refractivity contribution is 0.0270. The lowest BCUT2D eigenvalue weighted by atomic mass is 9.75. The first-order valence-corrected chi connectivity index (χ1v) is 14.5. The molecule has 2 aromatic carbocycles. The summed E-state index contributed by atoms with van der Waals surface area (Å²) in [5.41, 5.74) is 1.59. The average Bonchev–Trinajstić information content (AvgIpc) is 3.12. The molecule has 4 rings (SSSR count). The quantitative estimate of drug-likeness (QED) is 0.411. The van der Waals surface area contributed by atoms with Crippen LogP contribution in [-0.4, -0.2) is 18.1 Å². The predicted molar refractivity (Wildman–Crippen MR) is 124 cm³/mol. The average molecular weight is 438 g/mol. The summed E-state index contributed by atoms with van der Waals surface area (Å²) < 4.78 is 8.76. The molecule has 1 fully saturated rings. The number of benzene rings is 2. The van der Waals surface area contributed by atoms with Gasteiger partial charge in [0.25, 0.3) is 0 Å². The first-order valence-electron chi connectivity index (χ1n) is 10.7. The molecule has 1 heterocycles. The number of fused-ring (bicyclic) bond motifs is 1. The molecule has 1 saturated carbocycles. The van der Waals surface area contributed by atoms with E-state index in [1.807, 2.05) is 47.1 Å². The minimum Gasteiger partial charge on any atom is -0.395 e. The molecule has 156 valence electrons. The van der Waals surface area contributed by atoms with Gasteiger partial charge in [-0.2, -0.15) is 10.4 Å². The Hall–Kier alpha value is -2.13. The summed E-state index contributed by atoms with van der Waals surface area (Å²) in [5.74, 6) is 0.147. The highest BCUT2D eigenvalue weighted by Crippen LogP contribution is 2.46. The Morgan fingerprint density at radius 2 is 1.73 bits per heavy atom. The van der Waals surface area contributed by atoms with Gasteiger partial charge < -0.3 is 4.43 Å². The largest absolute Gasteiger partial charge is 0.395 e. The van der Waals surface area contributed by atoms with E-state index in [1.54, 1.807) is 0 Å². The van der Waals surface area contributed by atoms with Crippen LogP contribution in [0.3, 0.4) is 0 Å². The molecule has 0 amide bonds.